The van der Waals surface area contributed by atoms with E-state index in [-0.39, 0.29) is 0 Å². The van der Waals surface area contributed by atoms with Crippen molar-refractivity contribution in [3.63, 3.8) is 0 Å². The minimum absolute atomic E-state index is 0.427. The summed E-state index contributed by atoms with van der Waals surface area (Å²) in [4.78, 5) is 13.1. The largest absolute Gasteiger partial charge is 0.444 e. The Hall–Kier alpha value is -0.840. The number of hydrogen-bond donors (Lipinski definition) is 1. The number of nitrogens with one attached hydrogen (secondary N) is 1. The lowest BCUT2D eigenvalue weighted by Gasteiger charge is -2.35. The second kappa shape index (κ2) is 4.99. The molecule has 1 amide bonds. The molecule has 0 saturated carbocycles. The smallest absolute Gasteiger partial charge is 0.410 e. The number of nitrogens with zero attached hydrogens (tertiary/aromatic N) is 1. The third kappa shape index (κ3) is 3.63. The summed E-state index contributed by atoms with van der Waals surface area (Å²) in [7, 11) is 1.58. The van der Waals surface area contributed by atoms with Crippen LogP contribution in [0.4, 0.5) is 9.18 Å². The second-order valence-electron chi connectivity index (χ2n) is 5.17. The molecule has 1 heterocycles. The molecular weight excluding hydrogens is 211 g/mol. The zero-order valence-electron chi connectivity index (χ0n) is 10.4. The van der Waals surface area contributed by atoms with Crippen LogP contribution in [0.2, 0.25) is 0 Å². The van der Waals surface area contributed by atoms with Gasteiger partial charge in [-0.25, -0.2) is 9.18 Å². The van der Waals surface area contributed by atoms with Crippen LogP contribution in [0.15, 0.2) is 0 Å². The van der Waals surface area contributed by atoms with Gasteiger partial charge in [0.1, 0.15) is 11.8 Å². The van der Waals surface area contributed by atoms with E-state index in [9.17, 15) is 9.18 Å². The molecule has 5 heteroatoms. The lowest BCUT2D eigenvalue weighted by atomic mass is 10.0. The molecule has 0 aliphatic carbocycles. The fourth-order valence-corrected chi connectivity index (χ4v) is 1.66. The Morgan fingerprint density at radius 3 is 2.62 bits per heavy atom. The van der Waals surface area contributed by atoms with Gasteiger partial charge in [0, 0.05) is 13.6 Å². The Morgan fingerprint density at radius 1 is 1.50 bits per heavy atom. The summed E-state index contributed by atoms with van der Waals surface area (Å²) < 4.78 is 18.8. The molecule has 94 valence electrons. The number of likely N-dealkylation sites (N-methyl/N-ethyl adjacent to an activating group) is 1. The molecule has 1 fully saturated rings. The Balaban J connectivity index is 2.55. The normalized spacial score (nSPS) is 26.3. The van der Waals surface area contributed by atoms with Gasteiger partial charge in [-0.05, 0) is 33.7 Å². The molecule has 0 aromatic rings. The van der Waals surface area contributed by atoms with E-state index in [2.05, 4.69) is 5.32 Å². The molecule has 1 aliphatic heterocycles. The van der Waals surface area contributed by atoms with Crippen molar-refractivity contribution in [1.29, 1.82) is 0 Å². The Morgan fingerprint density at radius 2 is 2.12 bits per heavy atom. The average Bonchev–Trinajstić information content (AvgIpc) is 2.15. The first-order valence-corrected chi connectivity index (χ1v) is 5.62. The predicted molar refractivity (Wildman–Crippen MR) is 60.2 cm³/mol. The maximum absolute atomic E-state index is 13.6. The predicted octanol–water partition coefficient (Wildman–Crippen LogP) is 1.55. The summed E-state index contributed by atoms with van der Waals surface area (Å²) in [5.41, 5.74) is -0.542. The highest BCUT2D eigenvalue weighted by molar-refractivity contribution is 5.68. The molecule has 0 unspecified atom stereocenters. The lowest BCUT2D eigenvalue weighted by Crippen LogP contribution is -2.53. The number of carbonyl (C=O) groups is 1. The van der Waals surface area contributed by atoms with Crippen molar-refractivity contribution in [3.05, 3.63) is 0 Å². The van der Waals surface area contributed by atoms with E-state index < -0.39 is 23.9 Å². The number of piperidine rings is 1. The number of amides is 1. The molecule has 4 nitrogen and oxygen atoms in total. The van der Waals surface area contributed by atoms with Crippen LogP contribution < -0.4 is 5.32 Å². The summed E-state index contributed by atoms with van der Waals surface area (Å²) in [5.74, 6) is 0. The number of hydrogen-bond acceptors (Lipinski definition) is 3. The third-order valence-corrected chi connectivity index (χ3v) is 2.55. The van der Waals surface area contributed by atoms with E-state index in [0.29, 0.717) is 19.5 Å². The summed E-state index contributed by atoms with van der Waals surface area (Å²) in [5, 5.41) is 3.07. The van der Waals surface area contributed by atoms with Gasteiger partial charge in [-0.15, -0.1) is 0 Å². The van der Waals surface area contributed by atoms with E-state index >= 15 is 0 Å². The Labute approximate surface area is 96.1 Å². The number of alkyl halides is 1. The average molecular weight is 232 g/mol. The van der Waals surface area contributed by atoms with Crippen LogP contribution >= 0.6 is 0 Å². The van der Waals surface area contributed by atoms with Gasteiger partial charge in [-0.2, -0.15) is 0 Å². The van der Waals surface area contributed by atoms with Gasteiger partial charge in [0.2, 0.25) is 0 Å². The van der Waals surface area contributed by atoms with Crippen LogP contribution in [-0.2, 0) is 4.74 Å². The second-order valence-corrected chi connectivity index (χ2v) is 5.17. The van der Waals surface area contributed by atoms with E-state index in [1.165, 1.54) is 4.90 Å². The summed E-state index contributed by atoms with van der Waals surface area (Å²) >= 11 is 0. The maximum atomic E-state index is 13.6. The summed E-state index contributed by atoms with van der Waals surface area (Å²) in [6.45, 7) is 6.54. The molecule has 0 aromatic carbocycles. The summed E-state index contributed by atoms with van der Waals surface area (Å²) in [6, 6.07) is -0.427. The van der Waals surface area contributed by atoms with Gasteiger partial charge in [0.05, 0.1) is 6.04 Å². The molecule has 0 radical (unpaired) electrons. The van der Waals surface area contributed by atoms with Crippen molar-refractivity contribution in [3.8, 4) is 0 Å². The van der Waals surface area contributed by atoms with Crippen LogP contribution in [0, 0.1) is 0 Å². The van der Waals surface area contributed by atoms with E-state index in [1.54, 1.807) is 27.8 Å². The Kier molecular flexibility index (Phi) is 4.13. The van der Waals surface area contributed by atoms with Crippen molar-refractivity contribution in [2.45, 2.75) is 45.0 Å². The molecule has 1 saturated heterocycles. The molecule has 1 rings (SSSR count). The highest BCUT2D eigenvalue weighted by Gasteiger charge is 2.32. The van der Waals surface area contributed by atoms with Gasteiger partial charge in [0.15, 0.2) is 0 Å². The maximum Gasteiger partial charge on any atom is 0.410 e. The number of rotatable bonds is 1. The van der Waals surface area contributed by atoms with Gasteiger partial charge in [-0.3, -0.25) is 0 Å². The standard InChI is InChI=1S/C11H21FN2O2/c1-11(2,3)16-10(15)14(4)9-7-13-6-5-8(9)12/h8-9,13H,5-7H2,1-4H3/t8-,9+/m0/s1. The molecule has 0 aromatic heterocycles. The van der Waals surface area contributed by atoms with Crippen molar-refractivity contribution < 1.29 is 13.9 Å². The first-order valence-electron chi connectivity index (χ1n) is 5.62. The minimum Gasteiger partial charge on any atom is -0.444 e. The van der Waals surface area contributed by atoms with Crippen molar-refractivity contribution in [2.24, 2.45) is 0 Å². The van der Waals surface area contributed by atoms with Crippen LogP contribution in [0.25, 0.3) is 0 Å². The minimum atomic E-state index is -0.973. The molecule has 1 N–H and O–H groups in total. The first-order chi connectivity index (χ1) is 7.31. The van der Waals surface area contributed by atoms with Crippen LogP contribution in [-0.4, -0.2) is 48.9 Å². The Bertz CT molecular complexity index is 253. The lowest BCUT2D eigenvalue weighted by molar-refractivity contribution is 0.00973. The highest BCUT2D eigenvalue weighted by Crippen LogP contribution is 2.16. The van der Waals surface area contributed by atoms with Crippen molar-refractivity contribution in [1.82, 2.24) is 10.2 Å². The zero-order chi connectivity index (χ0) is 12.3. The number of ether oxygens (including phenoxy) is 1. The van der Waals surface area contributed by atoms with E-state index in [4.69, 9.17) is 4.74 Å². The van der Waals surface area contributed by atoms with Gasteiger partial charge in [-0.1, -0.05) is 0 Å². The monoisotopic (exact) mass is 232 g/mol. The first kappa shape index (κ1) is 13.2. The van der Waals surface area contributed by atoms with Crippen LogP contribution in [0.5, 0.6) is 0 Å². The molecule has 0 bridgehead atoms. The number of carbonyl (C=O) groups excluding carboxylic acids is 1. The topological polar surface area (TPSA) is 41.6 Å². The zero-order valence-corrected chi connectivity index (χ0v) is 10.4. The molecule has 1 aliphatic rings. The van der Waals surface area contributed by atoms with Gasteiger partial charge >= 0.3 is 6.09 Å². The molecule has 16 heavy (non-hydrogen) atoms. The van der Waals surface area contributed by atoms with Crippen LogP contribution in [0.1, 0.15) is 27.2 Å². The number of halogens is 1. The van der Waals surface area contributed by atoms with Gasteiger partial charge in [0.25, 0.3) is 0 Å². The van der Waals surface area contributed by atoms with Crippen LogP contribution in [0.3, 0.4) is 0 Å². The van der Waals surface area contributed by atoms with Crippen molar-refractivity contribution >= 4 is 6.09 Å². The third-order valence-electron chi connectivity index (χ3n) is 2.55. The molecule has 2 atom stereocenters. The molecule has 0 spiro atoms. The quantitative estimate of drug-likeness (QED) is 0.746. The SMILES string of the molecule is CN(C(=O)OC(C)(C)C)[C@@H]1CNCC[C@@H]1F. The summed E-state index contributed by atoms with van der Waals surface area (Å²) in [6.07, 6.45) is -1.000. The van der Waals surface area contributed by atoms with Gasteiger partial charge < -0.3 is 15.0 Å². The molecular formula is C11H21FN2O2. The highest BCUT2D eigenvalue weighted by atomic mass is 19.1. The van der Waals surface area contributed by atoms with E-state index in [0.717, 1.165) is 0 Å². The fourth-order valence-electron chi connectivity index (χ4n) is 1.66. The fraction of sp³-hybridized carbons (Fsp3) is 0.909. The van der Waals surface area contributed by atoms with Crippen molar-refractivity contribution in [2.75, 3.05) is 20.1 Å². The van der Waals surface area contributed by atoms with E-state index in [1.807, 2.05) is 0 Å².